The average molecular weight is 493 g/mol. The molecule has 0 saturated carbocycles. The molecule has 0 unspecified atom stereocenters. The number of pyridine rings is 3. The van der Waals surface area contributed by atoms with E-state index in [2.05, 4.69) is 35.5 Å². The fourth-order valence-corrected chi connectivity index (χ4v) is 4.12. The van der Waals surface area contributed by atoms with Gasteiger partial charge in [0.05, 0.1) is 28.6 Å². The molecule has 0 saturated heterocycles. The van der Waals surface area contributed by atoms with E-state index in [1.807, 2.05) is 24.3 Å². The Bertz CT molecular complexity index is 1770. The van der Waals surface area contributed by atoms with Crippen molar-refractivity contribution in [3.63, 3.8) is 0 Å². The van der Waals surface area contributed by atoms with Gasteiger partial charge in [-0.1, -0.05) is 19.9 Å². The summed E-state index contributed by atoms with van der Waals surface area (Å²) in [5, 5.41) is 10.8. The molecule has 6 aromatic rings. The summed E-state index contributed by atoms with van der Waals surface area (Å²) in [6, 6.07) is 12.2. The quantitative estimate of drug-likeness (QED) is 0.298. The second-order valence-electron chi connectivity index (χ2n) is 8.91. The van der Waals surface area contributed by atoms with Gasteiger partial charge in [-0.2, -0.15) is 5.10 Å². The van der Waals surface area contributed by atoms with Crippen LogP contribution in [-0.4, -0.2) is 41.0 Å². The second-order valence-corrected chi connectivity index (χ2v) is 8.91. The largest absolute Gasteiger partial charge is 0.336 e. The molecule has 6 rings (SSSR count). The van der Waals surface area contributed by atoms with Crippen molar-refractivity contribution in [3.05, 3.63) is 73.1 Å². The fourth-order valence-electron chi connectivity index (χ4n) is 4.12. The van der Waals surface area contributed by atoms with Crippen LogP contribution in [0.2, 0.25) is 0 Å². The van der Waals surface area contributed by atoms with Gasteiger partial charge in [0.2, 0.25) is 5.91 Å². The van der Waals surface area contributed by atoms with Crippen LogP contribution >= 0.6 is 0 Å². The van der Waals surface area contributed by atoms with Crippen LogP contribution < -0.4 is 5.32 Å². The third kappa shape index (κ3) is 4.08. The van der Waals surface area contributed by atoms with Crippen molar-refractivity contribution in [2.45, 2.75) is 13.8 Å². The minimum Gasteiger partial charge on any atom is -0.336 e. The first kappa shape index (κ1) is 22.5. The zero-order valence-electron chi connectivity index (χ0n) is 20.0. The van der Waals surface area contributed by atoms with Gasteiger partial charge in [0, 0.05) is 47.1 Å². The lowest BCUT2D eigenvalue weighted by Crippen LogP contribution is -2.17. The minimum absolute atomic E-state index is 0.142. The van der Waals surface area contributed by atoms with Gasteiger partial charge in [0.25, 0.3) is 0 Å². The lowest BCUT2D eigenvalue weighted by Gasteiger charge is -2.09. The first-order chi connectivity index (χ1) is 18.0. The number of anilines is 1. The Balaban J connectivity index is 1.44. The first-order valence-electron chi connectivity index (χ1n) is 11.7. The smallest absolute Gasteiger partial charge is 0.226 e. The summed E-state index contributed by atoms with van der Waals surface area (Å²) in [5.41, 5.74) is 5.21. The molecule has 0 aliphatic rings. The zero-order valence-corrected chi connectivity index (χ0v) is 20.0. The van der Waals surface area contributed by atoms with Crippen LogP contribution in [0.5, 0.6) is 0 Å². The van der Waals surface area contributed by atoms with Crippen molar-refractivity contribution < 1.29 is 9.18 Å². The molecule has 5 aromatic heterocycles. The highest BCUT2D eigenvalue weighted by Crippen LogP contribution is 2.34. The highest BCUT2D eigenvalue weighted by Gasteiger charge is 2.19. The van der Waals surface area contributed by atoms with Crippen LogP contribution in [-0.2, 0) is 4.79 Å². The maximum atomic E-state index is 15.1. The van der Waals surface area contributed by atoms with Gasteiger partial charge in [-0.3, -0.25) is 24.8 Å². The number of carbonyl (C=O) groups excluding carboxylic acids is 1. The van der Waals surface area contributed by atoms with Gasteiger partial charge in [0.15, 0.2) is 5.82 Å². The van der Waals surface area contributed by atoms with Crippen molar-refractivity contribution in [1.82, 2.24) is 35.1 Å². The van der Waals surface area contributed by atoms with Gasteiger partial charge in [-0.05, 0) is 30.3 Å². The number of nitrogens with one attached hydrogen (secondary N) is 3. The number of rotatable bonds is 5. The molecule has 0 fully saturated rings. The Labute approximate surface area is 210 Å². The number of carbonyl (C=O) groups is 1. The Morgan fingerprint density at radius 2 is 1.89 bits per heavy atom. The Morgan fingerprint density at radius 3 is 2.70 bits per heavy atom. The molecule has 9 nitrogen and oxygen atoms in total. The lowest BCUT2D eigenvalue weighted by molar-refractivity contribution is -0.118. The number of benzene rings is 1. The summed E-state index contributed by atoms with van der Waals surface area (Å²) in [5.74, 6) is -0.262. The van der Waals surface area contributed by atoms with E-state index in [1.165, 1.54) is 12.3 Å². The molecule has 1 aromatic carbocycles. The molecule has 0 bridgehead atoms. The van der Waals surface area contributed by atoms with Crippen molar-refractivity contribution in [3.8, 4) is 34.0 Å². The molecular weight excluding hydrogens is 471 g/mol. The van der Waals surface area contributed by atoms with E-state index in [-0.39, 0.29) is 11.8 Å². The number of fused-ring (bicyclic) bond motifs is 2. The lowest BCUT2D eigenvalue weighted by atomic mass is 10.0. The van der Waals surface area contributed by atoms with Crippen LogP contribution in [0, 0.1) is 11.7 Å². The van der Waals surface area contributed by atoms with Crippen LogP contribution in [0.3, 0.4) is 0 Å². The fraction of sp³-hybridized carbons (Fsp3) is 0.111. The number of amides is 1. The van der Waals surface area contributed by atoms with E-state index >= 15 is 4.39 Å². The van der Waals surface area contributed by atoms with E-state index in [9.17, 15) is 4.79 Å². The summed E-state index contributed by atoms with van der Waals surface area (Å²) in [7, 11) is 0. The SMILES string of the molecule is CC(C)C(=O)Nc1cncc(-c2cc3c(-c4nc5c(-c6ccccn6)nccc5[nH]4)n[nH]c3cc2F)c1. The molecule has 37 heavy (non-hydrogen) atoms. The molecule has 10 heteroatoms. The van der Waals surface area contributed by atoms with Crippen LogP contribution in [0.4, 0.5) is 10.1 Å². The Kier molecular flexibility index (Phi) is 5.41. The number of imidazole rings is 1. The molecule has 1 amide bonds. The zero-order chi connectivity index (χ0) is 25.5. The third-order valence-corrected chi connectivity index (χ3v) is 6.02. The third-order valence-electron chi connectivity index (χ3n) is 6.02. The summed E-state index contributed by atoms with van der Waals surface area (Å²) in [6.45, 7) is 3.60. The van der Waals surface area contributed by atoms with Gasteiger partial charge < -0.3 is 10.3 Å². The van der Waals surface area contributed by atoms with Crippen molar-refractivity contribution in [1.29, 1.82) is 0 Å². The van der Waals surface area contributed by atoms with Crippen LogP contribution in [0.15, 0.2) is 67.3 Å². The average Bonchev–Trinajstić information content (AvgIpc) is 3.52. The molecule has 0 aliphatic heterocycles. The first-order valence-corrected chi connectivity index (χ1v) is 11.7. The molecule has 0 aliphatic carbocycles. The molecule has 5 heterocycles. The number of aromatic amines is 2. The molecule has 0 radical (unpaired) electrons. The molecule has 0 atom stereocenters. The summed E-state index contributed by atoms with van der Waals surface area (Å²) >= 11 is 0. The van der Waals surface area contributed by atoms with E-state index in [4.69, 9.17) is 4.98 Å². The molecule has 0 spiro atoms. The number of hydrogen-bond acceptors (Lipinski definition) is 6. The molecule has 182 valence electrons. The molecule has 3 N–H and O–H groups in total. The standard InChI is InChI=1S/C27H21FN8O/c1-14(2)27(37)32-16-9-15(12-29-13-16)17-10-18-22(11-19(17)28)35-36-23(18)26-33-21-6-8-31-24(25(21)34-26)20-5-3-4-7-30-20/h3-14H,1-2H3,(H,32,37)(H,33,34)(H,35,36). The van der Waals surface area contributed by atoms with E-state index in [0.717, 1.165) is 5.52 Å². The Morgan fingerprint density at radius 1 is 1.00 bits per heavy atom. The highest BCUT2D eigenvalue weighted by molar-refractivity contribution is 5.98. The molecular formula is C27H21FN8O. The van der Waals surface area contributed by atoms with Gasteiger partial charge in [0.1, 0.15) is 22.7 Å². The van der Waals surface area contributed by atoms with Gasteiger partial charge >= 0.3 is 0 Å². The van der Waals surface area contributed by atoms with Crippen molar-refractivity contribution in [2.75, 3.05) is 5.32 Å². The normalized spacial score (nSPS) is 11.5. The van der Waals surface area contributed by atoms with E-state index in [1.54, 1.807) is 44.6 Å². The van der Waals surface area contributed by atoms with Crippen LogP contribution in [0.1, 0.15) is 13.8 Å². The summed E-state index contributed by atoms with van der Waals surface area (Å²) in [6.07, 6.45) is 6.49. The van der Waals surface area contributed by atoms with Crippen LogP contribution in [0.25, 0.3) is 56.0 Å². The summed E-state index contributed by atoms with van der Waals surface area (Å²) in [4.78, 5) is 33.3. The highest BCUT2D eigenvalue weighted by atomic mass is 19.1. The van der Waals surface area contributed by atoms with E-state index in [0.29, 0.717) is 56.1 Å². The van der Waals surface area contributed by atoms with Gasteiger partial charge in [-0.25, -0.2) is 9.37 Å². The number of halogens is 1. The van der Waals surface area contributed by atoms with Crippen molar-refractivity contribution in [2.24, 2.45) is 5.92 Å². The maximum absolute atomic E-state index is 15.1. The topological polar surface area (TPSA) is 125 Å². The van der Waals surface area contributed by atoms with E-state index < -0.39 is 5.82 Å². The number of H-pyrrole nitrogens is 2. The Hall–Kier alpha value is -4.99. The minimum atomic E-state index is -0.442. The van der Waals surface area contributed by atoms with Gasteiger partial charge in [-0.15, -0.1) is 0 Å². The predicted molar refractivity (Wildman–Crippen MR) is 139 cm³/mol. The predicted octanol–water partition coefficient (Wildman–Crippen LogP) is 5.36. The number of aromatic nitrogens is 7. The maximum Gasteiger partial charge on any atom is 0.226 e. The van der Waals surface area contributed by atoms with Crippen molar-refractivity contribution >= 4 is 33.5 Å². The second kappa shape index (κ2) is 8.90. The number of hydrogen-bond donors (Lipinski definition) is 3. The summed E-state index contributed by atoms with van der Waals surface area (Å²) < 4.78 is 15.1. The monoisotopic (exact) mass is 492 g/mol. The number of nitrogens with zero attached hydrogens (tertiary/aromatic N) is 5.